The largest absolute Gasteiger partial charge is 0.870 e. The van der Waals surface area contributed by atoms with Crippen LogP contribution in [0.5, 0.6) is 0 Å². The number of rotatable bonds is 23. The standard InChI is InChI=1S/C24H45BO6.C8H16O2.Ag/c1-7-13-16-19(10-4)22(26)29-25(30-23(27)20(11-5)17-14-8-2)31-24(28)21(12-6)18-15-9-3;1-3-5-6-7(4-2)8(9)10;/h19-21H,7-18H2,1-6H3;7H,3-6H2,1-2H3,(H,9,10);. The summed E-state index contributed by atoms with van der Waals surface area (Å²) in [6.07, 6.45) is 13.3. The Balaban J connectivity index is -0.00000117. The summed E-state index contributed by atoms with van der Waals surface area (Å²) in [7, 11) is -1.62. The van der Waals surface area contributed by atoms with Crippen molar-refractivity contribution in [3.63, 3.8) is 0 Å². The average Bonchev–Trinajstić information content (AvgIpc) is 2.94. The number of hydrogen-bond acceptors (Lipinski definition) is 7. The Labute approximate surface area is 272 Å². The van der Waals surface area contributed by atoms with E-state index in [2.05, 4.69) is 27.7 Å². The number of carbonyl (C=O) groups is 4. The Morgan fingerprint density at radius 1 is 0.500 bits per heavy atom. The van der Waals surface area contributed by atoms with Gasteiger partial charge in [-0.05, 0) is 51.4 Å². The first-order valence-electron chi connectivity index (χ1n) is 16.4. The molecule has 0 saturated carbocycles. The minimum absolute atomic E-state index is 0. The van der Waals surface area contributed by atoms with Crippen molar-refractivity contribution < 1.29 is 60.6 Å². The van der Waals surface area contributed by atoms with Crippen molar-refractivity contribution in [1.29, 1.82) is 0 Å². The van der Waals surface area contributed by atoms with Crippen molar-refractivity contribution >= 4 is 31.2 Å². The zero-order valence-corrected chi connectivity index (χ0v) is 29.3. The summed E-state index contributed by atoms with van der Waals surface area (Å²) in [6.45, 7) is 16.0. The third-order valence-corrected chi connectivity index (χ3v) is 7.58. The van der Waals surface area contributed by atoms with Gasteiger partial charge in [0.05, 0.1) is 23.7 Å². The number of carboxylic acid groups (broad SMARTS) is 1. The smallest absolute Gasteiger partial charge is 0.481 e. The van der Waals surface area contributed by atoms with Crippen molar-refractivity contribution in [1.82, 2.24) is 0 Å². The van der Waals surface area contributed by atoms with E-state index in [0.717, 1.165) is 64.2 Å². The topological polar surface area (TPSA) is 116 Å². The van der Waals surface area contributed by atoms with Gasteiger partial charge in [-0.15, -0.1) is 0 Å². The van der Waals surface area contributed by atoms with Gasteiger partial charge in [0, 0.05) is 22.4 Å². The normalized spacial score (nSPS) is 13.2. The van der Waals surface area contributed by atoms with E-state index < -0.39 is 31.2 Å². The van der Waals surface area contributed by atoms with Crippen LogP contribution in [0.4, 0.5) is 0 Å². The molecule has 0 spiro atoms. The Hall–Kier alpha value is -1.31. The summed E-state index contributed by atoms with van der Waals surface area (Å²) in [4.78, 5) is 48.5. The third-order valence-electron chi connectivity index (χ3n) is 7.58. The fourth-order valence-electron chi connectivity index (χ4n) is 4.42. The minimum atomic E-state index is -1.62. The first-order chi connectivity index (χ1) is 19.6. The number of carbonyl (C=O) groups excluding carboxylic acids is 3. The molecule has 1 N–H and O–H groups in total. The van der Waals surface area contributed by atoms with Gasteiger partial charge in [0.1, 0.15) is 0 Å². The quantitative estimate of drug-likeness (QED) is 0.106. The van der Waals surface area contributed by atoms with Crippen molar-refractivity contribution in [3.8, 4) is 0 Å². The second kappa shape index (κ2) is 29.7. The summed E-state index contributed by atoms with van der Waals surface area (Å²) in [5, 5.41) is 8.60. The van der Waals surface area contributed by atoms with Crippen LogP contribution in [0.1, 0.15) is 158 Å². The van der Waals surface area contributed by atoms with E-state index in [1.807, 2.05) is 27.7 Å². The molecule has 8 nitrogen and oxygen atoms in total. The molecular weight excluding hydrogens is 631 g/mol. The number of hydrogen-bond donors (Lipinski definition) is 1. The molecule has 0 amide bonds. The summed E-state index contributed by atoms with van der Waals surface area (Å²) in [6, 6.07) is 0. The number of unbranched alkanes of at least 4 members (excludes halogenated alkanes) is 4. The second-order valence-corrected chi connectivity index (χ2v) is 10.9. The number of carboxylic acids is 1. The molecule has 0 aromatic carbocycles. The Kier molecular flexibility index (Phi) is 32.0. The SMILES string of the molecule is CCCCC(CC)C(=O)O.CCCCC(CC)C(=O)OB(OC(=O)C(CC)CCCC)OC(=O)C(CC)CCCC.[Ag]. The molecule has 0 heterocycles. The van der Waals surface area contributed by atoms with Crippen molar-refractivity contribution in [3.05, 3.63) is 0 Å². The van der Waals surface area contributed by atoms with E-state index in [1.54, 1.807) is 0 Å². The van der Waals surface area contributed by atoms with E-state index in [9.17, 15) is 19.2 Å². The molecule has 4 unspecified atom stereocenters. The maximum Gasteiger partial charge on any atom is 0.870 e. The summed E-state index contributed by atoms with van der Waals surface area (Å²) >= 11 is 0. The molecule has 0 fully saturated rings. The summed E-state index contributed by atoms with van der Waals surface area (Å²) in [5.74, 6) is -3.10. The van der Waals surface area contributed by atoms with Crippen LogP contribution in [0.25, 0.3) is 0 Å². The van der Waals surface area contributed by atoms with Gasteiger partial charge >= 0.3 is 13.3 Å². The molecule has 0 bridgehead atoms. The molecular formula is C32H61AgBO8. The van der Waals surface area contributed by atoms with E-state index >= 15 is 0 Å². The van der Waals surface area contributed by atoms with Gasteiger partial charge in [-0.1, -0.05) is 107 Å². The zero-order valence-electron chi connectivity index (χ0n) is 27.8. The van der Waals surface area contributed by atoms with Crippen molar-refractivity contribution in [2.24, 2.45) is 23.7 Å². The molecule has 1 radical (unpaired) electrons. The van der Waals surface area contributed by atoms with Gasteiger partial charge in [0.25, 0.3) is 17.9 Å². The molecule has 0 aliphatic rings. The van der Waals surface area contributed by atoms with Crippen molar-refractivity contribution in [2.45, 2.75) is 158 Å². The Bertz CT molecular complexity index is 635. The molecule has 0 aromatic heterocycles. The van der Waals surface area contributed by atoms with E-state index in [4.69, 9.17) is 19.1 Å². The summed E-state index contributed by atoms with van der Waals surface area (Å²) in [5.41, 5.74) is 0. The molecule has 10 heteroatoms. The van der Waals surface area contributed by atoms with Gasteiger partial charge in [-0.3, -0.25) is 19.2 Å². The monoisotopic (exact) mass is 691 g/mol. The van der Waals surface area contributed by atoms with Crippen LogP contribution in [0.3, 0.4) is 0 Å². The number of aliphatic carboxylic acids is 1. The van der Waals surface area contributed by atoms with Gasteiger partial charge in [-0.2, -0.15) is 0 Å². The van der Waals surface area contributed by atoms with E-state index in [-0.39, 0.29) is 46.1 Å². The fourth-order valence-corrected chi connectivity index (χ4v) is 4.42. The first kappa shape index (κ1) is 45.1. The molecule has 0 aliphatic carbocycles. The predicted octanol–water partition coefficient (Wildman–Crippen LogP) is 8.54. The van der Waals surface area contributed by atoms with Crippen LogP contribution >= 0.6 is 0 Å². The average molecular weight is 693 g/mol. The minimum Gasteiger partial charge on any atom is -0.481 e. The van der Waals surface area contributed by atoms with E-state index in [0.29, 0.717) is 38.5 Å². The maximum absolute atomic E-state index is 12.7. The molecule has 0 aliphatic heterocycles. The Morgan fingerprint density at radius 3 is 0.929 bits per heavy atom. The third kappa shape index (κ3) is 21.4. The van der Waals surface area contributed by atoms with Gasteiger partial charge < -0.3 is 19.1 Å². The molecule has 0 saturated heterocycles. The Morgan fingerprint density at radius 2 is 0.738 bits per heavy atom. The van der Waals surface area contributed by atoms with Gasteiger partial charge in [0.15, 0.2) is 0 Å². The van der Waals surface area contributed by atoms with Gasteiger partial charge in [-0.25, -0.2) is 0 Å². The summed E-state index contributed by atoms with van der Waals surface area (Å²) < 4.78 is 16.2. The molecule has 4 atom stereocenters. The van der Waals surface area contributed by atoms with Crippen molar-refractivity contribution in [2.75, 3.05) is 0 Å². The van der Waals surface area contributed by atoms with E-state index in [1.165, 1.54) is 0 Å². The van der Waals surface area contributed by atoms with Crippen LogP contribution in [-0.4, -0.2) is 36.3 Å². The zero-order chi connectivity index (χ0) is 31.6. The second-order valence-electron chi connectivity index (χ2n) is 10.9. The van der Waals surface area contributed by atoms with Gasteiger partial charge in [0.2, 0.25) is 0 Å². The fraction of sp³-hybridized carbons (Fsp3) is 0.875. The molecule has 42 heavy (non-hydrogen) atoms. The van der Waals surface area contributed by atoms with Crippen LogP contribution in [0, 0.1) is 23.7 Å². The first-order valence-corrected chi connectivity index (χ1v) is 16.4. The van der Waals surface area contributed by atoms with Crippen LogP contribution in [-0.2, 0) is 55.5 Å². The molecule has 0 aromatic rings. The molecule has 0 rings (SSSR count). The predicted molar refractivity (Wildman–Crippen MR) is 165 cm³/mol. The van der Waals surface area contributed by atoms with Crippen LogP contribution in [0.15, 0.2) is 0 Å². The maximum atomic E-state index is 12.7. The van der Waals surface area contributed by atoms with Crippen LogP contribution < -0.4 is 0 Å². The molecule has 251 valence electrons. The van der Waals surface area contributed by atoms with Crippen LogP contribution in [0.2, 0.25) is 0 Å².